The van der Waals surface area contributed by atoms with Gasteiger partial charge in [-0.25, -0.2) is 0 Å². The summed E-state index contributed by atoms with van der Waals surface area (Å²) in [6.07, 6.45) is 1.22. The number of carbonyl (C=O) groups is 2. The van der Waals surface area contributed by atoms with Crippen LogP contribution in [0.2, 0.25) is 0 Å². The molecular formula is C21H24N2O2. The quantitative estimate of drug-likeness (QED) is 0.796. The third-order valence-corrected chi connectivity index (χ3v) is 4.97. The second kappa shape index (κ2) is 7.09. The number of nitrogens with one attached hydrogen (secondary N) is 2. The molecule has 130 valence electrons. The van der Waals surface area contributed by atoms with Crippen LogP contribution in [0.15, 0.2) is 54.6 Å². The van der Waals surface area contributed by atoms with E-state index in [4.69, 9.17) is 0 Å². The molecule has 2 aromatic rings. The van der Waals surface area contributed by atoms with E-state index in [9.17, 15) is 9.59 Å². The van der Waals surface area contributed by atoms with E-state index in [-0.39, 0.29) is 17.9 Å². The van der Waals surface area contributed by atoms with E-state index in [1.54, 1.807) is 0 Å². The van der Waals surface area contributed by atoms with Gasteiger partial charge in [0.1, 0.15) is 5.41 Å². The minimum absolute atomic E-state index is 0.115. The Morgan fingerprint density at radius 2 is 1.64 bits per heavy atom. The number of benzene rings is 2. The molecule has 2 amide bonds. The number of rotatable bonds is 6. The van der Waals surface area contributed by atoms with Gasteiger partial charge in [-0.3, -0.25) is 9.59 Å². The Kier molecular flexibility index (Phi) is 4.88. The molecule has 4 heteroatoms. The van der Waals surface area contributed by atoms with Crippen molar-refractivity contribution in [2.24, 2.45) is 5.41 Å². The van der Waals surface area contributed by atoms with Crippen LogP contribution in [0.3, 0.4) is 0 Å². The van der Waals surface area contributed by atoms with Crippen LogP contribution in [0.4, 0.5) is 0 Å². The standard InChI is InChI=1S/C21H24N2O2/c1-15-8-6-7-11-18(15)14-22-19(24)21(12-13-21)20(25)23-16(2)17-9-4-3-5-10-17/h3-11,16H,12-14H2,1-2H3,(H,22,24)(H,23,25). The highest BCUT2D eigenvalue weighted by Crippen LogP contribution is 2.46. The first kappa shape index (κ1) is 17.2. The van der Waals surface area contributed by atoms with Gasteiger partial charge in [0.25, 0.3) is 0 Å². The molecule has 0 saturated heterocycles. The molecule has 2 N–H and O–H groups in total. The Morgan fingerprint density at radius 3 is 2.28 bits per heavy atom. The Labute approximate surface area is 148 Å². The number of aryl methyl sites for hydroxylation is 1. The molecule has 1 unspecified atom stereocenters. The van der Waals surface area contributed by atoms with Gasteiger partial charge in [0.2, 0.25) is 11.8 Å². The third-order valence-electron chi connectivity index (χ3n) is 4.97. The summed E-state index contributed by atoms with van der Waals surface area (Å²) in [6, 6.07) is 17.6. The molecule has 0 aliphatic heterocycles. The lowest BCUT2D eigenvalue weighted by atomic mass is 10.0. The molecule has 3 rings (SSSR count). The maximum atomic E-state index is 12.7. The maximum Gasteiger partial charge on any atom is 0.236 e. The van der Waals surface area contributed by atoms with Crippen molar-refractivity contribution in [1.29, 1.82) is 0 Å². The zero-order valence-electron chi connectivity index (χ0n) is 14.7. The first-order chi connectivity index (χ1) is 12.0. The summed E-state index contributed by atoms with van der Waals surface area (Å²) in [7, 11) is 0. The van der Waals surface area contributed by atoms with Crippen molar-refractivity contribution >= 4 is 11.8 Å². The van der Waals surface area contributed by atoms with Gasteiger partial charge in [-0.05, 0) is 43.4 Å². The van der Waals surface area contributed by atoms with Gasteiger partial charge in [0.05, 0.1) is 6.04 Å². The van der Waals surface area contributed by atoms with E-state index in [0.717, 1.165) is 16.7 Å². The first-order valence-electron chi connectivity index (χ1n) is 8.72. The molecule has 0 radical (unpaired) electrons. The number of hydrogen-bond acceptors (Lipinski definition) is 2. The fourth-order valence-electron chi connectivity index (χ4n) is 3.00. The van der Waals surface area contributed by atoms with Gasteiger partial charge >= 0.3 is 0 Å². The molecule has 4 nitrogen and oxygen atoms in total. The minimum atomic E-state index is -0.897. The Hall–Kier alpha value is -2.62. The molecular weight excluding hydrogens is 312 g/mol. The van der Waals surface area contributed by atoms with E-state index in [0.29, 0.717) is 19.4 Å². The third kappa shape index (κ3) is 3.73. The molecule has 0 bridgehead atoms. The van der Waals surface area contributed by atoms with Gasteiger partial charge < -0.3 is 10.6 Å². The second-order valence-electron chi connectivity index (χ2n) is 6.80. The van der Waals surface area contributed by atoms with Crippen molar-refractivity contribution in [3.8, 4) is 0 Å². The largest absolute Gasteiger partial charge is 0.351 e. The zero-order valence-corrected chi connectivity index (χ0v) is 14.7. The average Bonchev–Trinajstić information content (AvgIpc) is 3.43. The first-order valence-corrected chi connectivity index (χ1v) is 8.72. The number of amides is 2. The molecule has 0 spiro atoms. The van der Waals surface area contributed by atoms with E-state index in [1.165, 1.54) is 0 Å². The van der Waals surface area contributed by atoms with Gasteiger partial charge in [0.15, 0.2) is 0 Å². The van der Waals surface area contributed by atoms with Crippen molar-refractivity contribution in [3.05, 3.63) is 71.3 Å². The maximum absolute atomic E-state index is 12.7. The predicted octanol–water partition coefficient (Wildman–Crippen LogP) is 3.27. The van der Waals surface area contributed by atoms with Crippen molar-refractivity contribution < 1.29 is 9.59 Å². The van der Waals surface area contributed by atoms with Gasteiger partial charge in [-0.2, -0.15) is 0 Å². The molecule has 0 heterocycles. The van der Waals surface area contributed by atoms with E-state index >= 15 is 0 Å². The Bertz CT molecular complexity index is 766. The smallest absolute Gasteiger partial charge is 0.236 e. The topological polar surface area (TPSA) is 58.2 Å². The average molecular weight is 336 g/mol. The van der Waals surface area contributed by atoms with Crippen LogP contribution >= 0.6 is 0 Å². The van der Waals surface area contributed by atoms with Crippen LogP contribution in [0.1, 0.15) is 42.5 Å². The van der Waals surface area contributed by atoms with Crippen molar-refractivity contribution in [3.63, 3.8) is 0 Å². The molecule has 1 saturated carbocycles. The molecule has 1 aliphatic rings. The summed E-state index contributed by atoms with van der Waals surface area (Å²) in [5.74, 6) is -0.348. The fraction of sp³-hybridized carbons (Fsp3) is 0.333. The lowest BCUT2D eigenvalue weighted by Gasteiger charge is -2.20. The highest BCUT2D eigenvalue weighted by atomic mass is 16.2. The van der Waals surface area contributed by atoms with Gasteiger partial charge in [-0.1, -0.05) is 54.6 Å². The second-order valence-corrected chi connectivity index (χ2v) is 6.80. The SMILES string of the molecule is Cc1ccccc1CNC(=O)C1(C(=O)NC(C)c2ccccc2)CC1. The van der Waals surface area contributed by atoms with Crippen molar-refractivity contribution in [1.82, 2.24) is 10.6 Å². The summed E-state index contributed by atoms with van der Waals surface area (Å²) in [4.78, 5) is 25.3. The van der Waals surface area contributed by atoms with Crippen molar-refractivity contribution in [2.45, 2.75) is 39.3 Å². The zero-order chi connectivity index (χ0) is 17.9. The molecule has 1 aliphatic carbocycles. The molecule has 1 fully saturated rings. The van der Waals surface area contributed by atoms with Crippen LogP contribution in [0.5, 0.6) is 0 Å². The number of hydrogen-bond donors (Lipinski definition) is 2. The van der Waals surface area contributed by atoms with Crippen LogP contribution in [0.25, 0.3) is 0 Å². The van der Waals surface area contributed by atoms with Gasteiger partial charge in [0, 0.05) is 6.54 Å². The molecule has 0 aromatic heterocycles. The summed E-state index contributed by atoms with van der Waals surface area (Å²) < 4.78 is 0. The fourth-order valence-corrected chi connectivity index (χ4v) is 3.00. The molecule has 25 heavy (non-hydrogen) atoms. The lowest BCUT2D eigenvalue weighted by Crippen LogP contribution is -2.43. The summed E-state index contributed by atoms with van der Waals surface area (Å²) in [5, 5.41) is 5.93. The Balaban J connectivity index is 1.60. The highest BCUT2D eigenvalue weighted by Gasteiger charge is 2.56. The van der Waals surface area contributed by atoms with Crippen LogP contribution in [0, 0.1) is 12.3 Å². The van der Waals surface area contributed by atoms with Crippen LogP contribution in [-0.4, -0.2) is 11.8 Å². The molecule has 1 atom stereocenters. The number of carbonyl (C=O) groups excluding carboxylic acids is 2. The van der Waals surface area contributed by atoms with Crippen LogP contribution < -0.4 is 10.6 Å². The summed E-state index contributed by atoms with van der Waals surface area (Å²) in [6.45, 7) is 4.41. The highest BCUT2D eigenvalue weighted by molar-refractivity contribution is 6.07. The Morgan fingerprint density at radius 1 is 1.00 bits per heavy atom. The van der Waals surface area contributed by atoms with Crippen molar-refractivity contribution in [2.75, 3.05) is 0 Å². The normalized spacial score (nSPS) is 15.9. The van der Waals surface area contributed by atoms with E-state index in [1.807, 2.05) is 68.4 Å². The van der Waals surface area contributed by atoms with Crippen LogP contribution in [-0.2, 0) is 16.1 Å². The molecule has 2 aromatic carbocycles. The summed E-state index contributed by atoms with van der Waals surface area (Å²) >= 11 is 0. The van der Waals surface area contributed by atoms with E-state index in [2.05, 4.69) is 10.6 Å². The lowest BCUT2D eigenvalue weighted by molar-refractivity contribution is -0.137. The summed E-state index contributed by atoms with van der Waals surface area (Å²) in [5.41, 5.74) is 2.35. The monoisotopic (exact) mass is 336 g/mol. The van der Waals surface area contributed by atoms with Gasteiger partial charge in [-0.15, -0.1) is 0 Å². The minimum Gasteiger partial charge on any atom is -0.351 e. The predicted molar refractivity (Wildman–Crippen MR) is 97.7 cm³/mol. The van der Waals surface area contributed by atoms with E-state index < -0.39 is 5.41 Å².